The smallest absolute Gasteiger partial charge is 0.227 e. The molecule has 0 saturated carbocycles. The van der Waals surface area contributed by atoms with E-state index in [0.29, 0.717) is 56.2 Å². The maximum atomic E-state index is 12.8. The van der Waals surface area contributed by atoms with E-state index in [2.05, 4.69) is 25.2 Å². The molecule has 10 heteroatoms. The third kappa shape index (κ3) is 3.72. The number of hydrogen-bond acceptors (Lipinski definition) is 8. The number of nitrogens with zero attached hydrogens (tertiary/aromatic N) is 7. The first kappa shape index (κ1) is 19.9. The summed E-state index contributed by atoms with van der Waals surface area (Å²) >= 11 is 0. The van der Waals surface area contributed by atoms with Crippen molar-refractivity contribution in [2.45, 2.75) is 19.9 Å². The molecule has 0 aliphatic carbocycles. The molecule has 10 nitrogen and oxygen atoms in total. The number of ether oxygens (including phenoxy) is 2. The lowest BCUT2D eigenvalue weighted by atomic mass is 10.1. The molecule has 3 aromatic rings. The van der Waals surface area contributed by atoms with Crippen molar-refractivity contribution in [3.05, 3.63) is 30.1 Å². The van der Waals surface area contributed by atoms with Gasteiger partial charge in [-0.1, -0.05) is 11.3 Å². The summed E-state index contributed by atoms with van der Waals surface area (Å²) in [6.07, 6.45) is 1.87. The molecule has 1 aliphatic rings. The first-order valence-electron chi connectivity index (χ1n) is 9.92. The maximum absolute atomic E-state index is 12.8. The Balaban J connectivity index is 1.41. The van der Waals surface area contributed by atoms with E-state index in [0.717, 1.165) is 17.0 Å². The predicted molar refractivity (Wildman–Crippen MR) is 111 cm³/mol. The van der Waals surface area contributed by atoms with Crippen LogP contribution in [0.15, 0.2) is 24.5 Å². The molecule has 2 aromatic heterocycles. The molecule has 0 radical (unpaired) electrons. The highest BCUT2D eigenvalue weighted by molar-refractivity contribution is 5.83. The van der Waals surface area contributed by atoms with Crippen molar-refractivity contribution >= 4 is 22.9 Å². The van der Waals surface area contributed by atoms with Crippen LogP contribution < -0.4 is 14.4 Å². The van der Waals surface area contributed by atoms with E-state index in [9.17, 15) is 4.79 Å². The van der Waals surface area contributed by atoms with E-state index in [1.807, 2.05) is 30.0 Å². The summed E-state index contributed by atoms with van der Waals surface area (Å²) in [7, 11) is 3.18. The summed E-state index contributed by atoms with van der Waals surface area (Å²) in [6.45, 7) is 5.31. The zero-order chi connectivity index (χ0) is 21.1. The molecule has 1 amide bonds. The summed E-state index contributed by atoms with van der Waals surface area (Å²) in [5.74, 6) is 2.14. The standard InChI is InChI=1S/C20H25N7O3/c1-4-27-20-18(23-24-27)19(21-13-22-20)26-9-7-25(8-10-26)17(28)12-14-5-6-15(29-2)16(11-14)30-3/h5-6,11,13H,4,7-10,12H2,1-3H3. The molecule has 4 rings (SSSR count). The lowest BCUT2D eigenvalue weighted by Crippen LogP contribution is -2.49. The number of fused-ring (bicyclic) bond motifs is 1. The Hall–Kier alpha value is -3.43. The Morgan fingerprint density at radius 3 is 2.53 bits per heavy atom. The van der Waals surface area contributed by atoms with E-state index >= 15 is 0 Å². The van der Waals surface area contributed by atoms with Gasteiger partial charge in [-0.25, -0.2) is 14.6 Å². The van der Waals surface area contributed by atoms with Gasteiger partial charge in [0.2, 0.25) is 5.91 Å². The number of aromatic nitrogens is 5. The Morgan fingerprint density at radius 2 is 1.83 bits per heavy atom. The Morgan fingerprint density at radius 1 is 1.07 bits per heavy atom. The molecule has 1 aliphatic heterocycles. The number of benzene rings is 1. The van der Waals surface area contributed by atoms with Crippen LogP contribution >= 0.6 is 0 Å². The molecule has 0 bridgehead atoms. The van der Waals surface area contributed by atoms with Crippen molar-refractivity contribution in [3.8, 4) is 11.5 Å². The Labute approximate surface area is 174 Å². The number of anilines is 1. The van der Waals surface area contributed by atoms with Gasteiger partial charge in [-0.2, -0.15) is 0 Å². The molecular formula is C20H25N7O3. The molecule has 1 fully saturated rings. The molecule has 0 spiro atoms. The zero-order valence-electron chi connectivity index (χ0n) is 17.4. The van der Waals surface area contributed by atoms with E-state index in [-0.39, 0.29) is 5.91 Å². The van der Waals surface area contributed by atoms with E-state index in [1.165, 1.54) is 0 Å². The average Bonchev–Trinajstić information content (AvgIpc) is 3.22. The normalized spacial score (nSPS) is 14.2. The van der Waals surface area contributed by atoms with Crippen molar-refractivity contribution in [2.24, 2.45) is 0 Å². The summed E-state index contributed by atoms with van der Waals surface area (Å²) < 4.78 is 12.3. The quantitative estimate of drug-likeness (QED) is 0.596. The van der Waals surface area contributed by atoms with E-state index in [1.54, 1.807) is 25.2 Å². The van der Waals surface area contributed by atoms with Crippen LogP contribution in [-0.2, 0) is 17.8 Å². The lowest BCUT2D eigenvalue weighted by Gasteiger charge is -2.35. The maximum Gasteiger partial charge on any atom is 0.227 e. The van der Waals surface area contributed by atoms with Crippen LogP contribution in [0.5, 0.6) is 11.5 Å². The van der Waals surface area contributed by atoms with Crippen LogP contribution in [0.4, 0.5) is 5.82 Å². The number of carbonyl (C=O) groups is 1. The highest BCUT2D eigenvalue weighted by Crippen LogP contribution is 2.28. The third-order valence-corrected chi connectivity index (χ3v) is 5.32. The van der Waals surface area contributed by atoms with Gasteiger partial charge in [-0.05, 0) is 24.6 Å². The first-order chi connectivity index (χ1) is 14.6. The minimum atomic E-state index is 0.0895. The van der Waals surface area contributed by atoms with Gasteiger partial charge in [-0.15, -0.1) is 5.10 Å². The van der Waals surface area contributed by atoms with Gasteiger partial charge >= 0.3 is 0 Å². The summed E-state index contributed by atoms with van der Waals surface area (Å²) in [6, 6.07) is 5.56. The van der Waals surface area contributed by atoms with Gasteiger partial charge in [0.25, 0.3) is 0 Å². The molecule has 1 aromatic carbocycles. The fraction of sp³-hybridized carbons (Fsp3) is 0.450. The topological polar surface area (TPSA) is 98.5 Å². The number of aryl methyl sites for hydroxylation is 1. The van der Waals surface area contributed by atoms with Gasteiger partial charge in [0.15, 0.2) is 28.5 Å². The van der Waals surface area contributed by atoms with E-state index in [4.69, 9.17) is 9.47 Å². The molecule has 3 heterocycles. The second-order valence-electron chi connectivity index (χ2n) is 7.01. The number of amides is 1. The highest BCUT2D eigenvalue weighted by atomic mass is 16.5. The Bertz CT molecular complexity index is 1040. The number of hydrogen-bond donors (Lipinski definition) is 0. The van der Waals surface area contributed by atoms with Crippen LogP contribution in [-0.4, -0.2) is 76.2 Å². The summed E-state index contributed by atoms with van der Waals surface area (Å²) in [5, 5.41) is 8.39. The first-order valence-corrected chi connectivity index (χ1v) is 9.92. The van der Waals surface area contributed by atoms with Crippen LogP contribution in [0.1, 0.15) is 12.5 Å². The molecule has 0 N–H and O–H groups in total. The molecule has 0 atom stereocenters. The third-order valence-electron chi connectivity index (χ3n) is 5.32. The molecule has 1 saturated heterocycles. The second-order valence-corrected chi connectivity index (χ2v) is 7.01. The molecular weight excluding hydrogens is 386 g/mol. The lowest BCUT2D eigenvalue weighted by molar-refractivity contribution is -0.130. The molecule has 0 unspecified atom stereocenters. The fourth-order valence-corrected chi connectivity index (χ4v) is 3.67. The predicted octanol–water partition coefficient (Wildman–Crippen LogP) is 1.15. The van der Waals surface area contributed by atoms with Crippen molar-refractivity contribution in [1.82, 2.24) is 29.9 Å². The highest BCUT2D eigenvalue weighted by Gasteiger charge is 2.24. The van der Waals surface area contributed by atoms with E-state index < -0.39 is 0 Å². The number of carbonyl (C=O) groups excluding carboxylic acids is 1. The molecule has 158 valence electrons. The van der Waals surface area contributed by atoms with Crippen LogP contribution in [0.3, 0.4) is 0 Å². The second kappa shape index (κ2) is 8.52. The van der Waals surface area contributed by atoms with Crippen LogP contribution in [0.25, 0.3) is 11.2 Å². The zero-order valence-corrected chi connectivity index (χ0v) is 17.4. The number of piperazine rings is 1. The van der Waals surface area contributed by atoms with Gasteiger partial charge in [0.05, 0.1) is 20.6 Å². The minimum Gasteiger partial charge on any atom is -0.493 e. The molecule has 30 heavy (non-hydrogen) atoms. The fourth-order valence-electron chi connectivity index (χ4n) is 3.67. The average molecular weight is 411 g/mol. The Kier molecular flexibility index (Phi) is 5.64. The number of rotatable bonds is 6. The van der Waals surface area contributed by atoms with Crippen LogP contribution in [0, 0.1) is 0 Å². The summed E-state index contributed by atoms with van der Waals surface area (Å²) in [4.78, 5) is 25.5. The van der Waals surface area contributed by atoms with Gasteiger partial charge in [-0.3, -0.25) is 4.79 Å². The van der Waals surface area contributed by atoms with Crippen molar-refractivity contribution < 1.29 is 14.3 Å². The van der Waals surface area contributed by atoms with Gasteiger partial charge < -0.3 is 19.3 Å². The van der Waals surface area contributed by atoms with Crippen molar-refractivity contribution in [3.63, 3.8) is 0 Å². The van der Waals surface area contributed by atoms with Gasteiger partial charge in [0.1, 0.15) is 6.33 Å². The largest absolute Gasteiger partial charge is 0.493 e. The van der Waals surface area contributed by atoms with Crippen LogP contribution in [0.2, 0.25) is 0 Å². The van der Waals surface area contributed by atoms with Crippen molar-refractivity contribution in [1.29, 1.82) is 0 Å². The van der Waals surface area contributed by atoms with Gasteiger partial charge in [0, 0.05) is 32.7 Å². The van der Waals surface area contributed by atoms with Crippen molar-refractivity contribution in [2.75, 3.05) is 45.3 Å². The monoisotopic (exact) mass is 411 g/mol. The SMILES string of the molecule is CCn1nnc2c(N3CCN(C(=O)Cc4ccc(OC)c(OC)c4)CC3)ncnc21. The minimum absolute atomic E-state index is 0.0895. The number of methoxy groups -OCH3 is 2. The summed E-state index contributed by atoms with van der Waals surface area (Å²) in [5.41, 5.74) is 2.33.